The van der Waals surface area contributed by atoms with Crippen LogP contribution in [0.1, 0.15) is 30.1 Å². The molecule has 1 unspecified atom stereocenters. The van der Waals surface area contributed by atoms with E-state index in [2.05, 4.69) is 4.42 Å². The Balaban J connectivity index is 2.18. The normalized spacial score (nSPS) is 23.1. The van der Waals surface area contributed by atoms with E-state index in [1.54, 1.807) is 6.92 Å². The van der Waals surface area contributed by atoms with Crippen LogP contribution in [0.2, 0.25) is 0 Å². The van der Waals surface area contributed by atoms with E-state index in [1.165, 1.54) is 17.0 Å². The van der Waals surface area contributed by atoms with E-state index in [0.717, 1.165) is 6.26 Å². The summed E-state index contributed by atoms with van der Waals surface area (Å²) in [5.41, 5.74) is -1.18. The number of aliphatic carboxylic acids is 1. The van der Waals surface area contributed by atoms with Crippen LogP contribution in [0.4, 0.5) is 0 Å². The van der Waals surface area contributed by atoms with Crippen molar-refractivity contribution in [2.75, 3.05) is 13.1 Å². The van der Waals surface area contributed by atoms with E-state index in [-0.39, 0.29) is 18.0 Å². The standard InChI is InChI=1S/C13H15NO5/c1-13(12(17)18)5-2-6-14(8-13)11(16)9-3-4-10(15)19-7-9/h3-4,7H,2,5-6,8H2,1H3,(H,17,18). The third kappa shape index (κ3) is 2.67. The lowest BCUT2D eigenvalue weighted by Crippen LogP contribution is -2.48. The Bertz CT molecular complexity index is 544. The van der Waals surface area contributed by atoms with Crippen LogP contribution in [-0.4, -0.2) is 35.0 Å². The van der Waals surface area contributed by atoms with Crippen molar-refractivity contribution in [2.24, 2.45) is 5.41 Å². The summed E-state index contributed by atoms with van der Waals surface area (Å²) in [4.78, 5) is 35.8. The maximum absolute atomic E-state index is 12.2. The molecule has 19 heavy (non-hydrogen) atoms. The Kier molecular flexibility index (Phi) is 3.42. The smallest absolute Gasteiger partial charge is 0.335 e. The minimum Gasteiger partial charge on any atom is -0.481 e. The molecule has 1 N–H and O–H groups in total. The first kappa shape index (κ1) is 13.3. The van der Waals surface area contributed by atoms with Gasteiger partial charge in [0.15, 0.2) is 0 Å². The van der Waals surface area contributed by atoms with E-state index in [1.807, 2.05) is 0 Å². The third-order valence-corrected chi connectivity index (χ3v) is 3.45. The molecule has 1 aliphatic heterocycles. The quantitative estimate of drug-likeness (QED) is 0.860. The molecule has 0 radical (unpaired) electrons. The van der Waals surface area contributed by atoms with Gasteiger partial charge in [0.1, 0.15) is 6.26 Å². The van der Waals surface area contributed by atoms with Crippen LogP contribution in [0, 0.1) is 5.41 Å². The second kappa shape index (κ2) is 4.87. The fourth-order valence-electron chi connectivity index (χ4n) is 2.25. The van der Waals surface area contributed by atoms with Gasteiger partial charge < -0.3 is 14.4 Å². The molecule has 2 rings (SSSR count). The molecule has 1 saturated heterocycles. The van der Waals surface area contributed by atoms with Crippen molar-refractivity contribution in [2.45, 2.75) is 19.8 Å². The van der Waals surface area contributed by atoms with Gasteiger partial charge in [-0.25, -0.2) is 4.79 Å². The fourth-order valence-corrected chi connectivity index (χ4v) is 2.25. The van der Waals surface area contributed by atoms with Crippen molar-refractivity contribution in [1.82, 2.24) is 4.90 Å². The van der Waals surface area contributed by atoms with E-state index in [0.29, 0.717) is 19.4 Å². The molecule has 102 valence electrons. The Morgan fingerprint density at radius 1 is 1.42 bits per heavy atom. The lowest BCUT2D eigenvalue weighted by molar-refractivity contribution is -0.150. The molecule has 1 aromatic heterocycles. The summed E-state index contributed by atoms with van der Waals surface area (Å²) >= 11 is 0. The summed E-state index contributed by atoms with van der Waals surface area (Å²) in [6.07, 6.45) is 2.30. The average Bonchev–Trinajstić information content (AvgIpc) is 2.39. The van der Waals surface area contributed by atoms with Gasteiger partial charge >= 0.3 is 11.6 Å². The predicted molar refractivity (Wildman–Crippen MR) is 65.9 cm³/mol. The fraction of sp³-hybridized carbons (Fsp3) is 0.462. The highest BCUT2D eigenvalue weighted by Gasteiger charge is 2.39. The molecule has 2 heterocycles. The van der Waals surface area contributed by atoms with Gasteiger partial charge in [0, 0.05) is 19.2 Å². The lowest BCUT2D eigenvalue weighted by Gasteiger charge is -2.37. The lowest BCUT2D eigenvalue weighted by atomic mass is 9.82. The zero-order chi connectivity index (χ0) is 14.0. The number of carbonyl (C=O) groups excluding carboxylic acids is 1. The first-order valence-electron chi connectivity index (χ1n) is 6.04. The first-order chi connectivity index (χ1) is 8.92. The molecule has 1 amide bonds. The number of piperidine rings is 1. The topological polar surface area (TPSA) is 87.8 Å². The van der Waals surface area contributed by atoms with Crippen molar-refractivity contribution in [3.05, 3.63) is 34.4 Å². The van der Waals surface area contributed by atoms with Gasteiger partial charge in [-0.1, -0.05) is 0 Å². The molecule has 0 saturated carbocycles. The minimum absolute atomic E-state index is 0.167. The molecule has 0 aromatic carbocycles. The molecule has 1 aromatic rings. The van der Waals surface area contributed by atoms with Crippen molar-refractivity contribution < 1.29 is 19.1 Å². The maximum Gasteiger partial charge on any atom is 0.335 e. The molecule has 0 spiro atoms. The Morgan fingerprint density at radius 2 is 2.16 bits per heavy atom. The van der Waals surface area contributed by atoms with Crippen molar-refractivity contribution in [3.63, 3.8) is 0 Å². The van der Waals surface area contributed by atoms with Crippen molar-refractivity contribution in [3.8, 4) is 0 Å². The highest BCUT2D eigenvalue weighted by Crippen LogP contribution is 2.30. The monoisotopic (exact) mass is 265 g/mol. The summed E-state index contributed by atoms with van der Waals surface area (Å²) in [5.74, 6) is -1.21. The van der Waals surface area contributed by atoms with Crippen molar-refractivity contribution >= 4 is 11.9 Å². The summed E-state index contributed by atoms with van der Waals surface area (Å²) in [6, 6.07) is 2.56. The number of rotatable bonds is 2. The number of carboxylic acid groups (broad SMARTS) is 1. The molecule has 6 nitrogen and oxygen atoms in total. The molecule has 1 aliphatic rings. The summed E-state index contributed by atoms with van der Waals surface area (Å²) in [5, 5.41) is 9.21. The Morgan fingerprint density at radius 3 is 2.74 bits per heavy atom. The van der Waals surface area contributed by atoms with E-state index < -0.39 is 17.0 Å². The summed E-state index contributed by atoms with van der Waals surface area (Å²) in [6.45, 7) is 2.32. The number of carbonyl (C=O) groups is 2. The van der Waals surface area contributed by atoms with Gasteiger partial charge in [0.05, 0.1) is 11.0 Å². The SMILES string of the molecule is CC1(C(=O)O)CCCN(C(=O)c2ccc(=O)oc2)C1. The van der Waals surface area contributed by atoms with Gasteiger partial charge in [0.25, 0.3) is 5.91 Å². The minimum atomic E-state index is -0.913. The maximum atomic E-state index is 12.2. The number of nitrogens with zero attached hydrogens (tertiary/aromatic N) is 1. The Hall–Kier alpha value is -2.11. The van der Waals surface area contributed by atoms with E-state index in [9.17, 15) is 19.5 Å². The highest BCUT2D eigenvalue weighted by atomic mass is 16.4. The van der Waals surface area contributed by atoms with Crippen LogP contribution in [-0.2, 0) is 4.79 Å². The average molecular weight is 265 g/mol. The number of carboxylic acids is 1. The third-order valence-electron chi connectivity index (χ3n) is 3.45. The molecule has 6 heteroatoms. The molecular formula is C13H15NO5. The van der Waals surface area contributed by atoms with Gasteiger partial charge in [-0.05, 0) is 25.8 Å². The number of hydrogen-bond donors (Lipinski definition) is 1. The van der Waals surface area contributed by atoms with Gasteiger partial charge in [0.2, 0.25) is 0 Å². The number of hydrogen-bond acceptors (Lipinski definition) is 4. The molecule has 1 fully saturated rings. The second-order valence-electron chi connectivity index (χ2n) is 5.04. The van der Waals surface area contributed by atoms with E-state index in [4.69, 9.17) is 0 Å². The summed E-state index contributed by atoms with van der Waals surface area (Å²) in [7, 11) is 0. The van der Waals surface area contributed by atoms with Crippen LogP contribution < -0.4 is 5.63 Å². The predicted octanol–water partition coefficient (Wildman–Crippen LogP) is 0.967. The van der Waals surface area contributed by atoms with Crippen molar-refractivity contribution in [1.29, 1.82) is 0 Å². The summed E-state index contributed by atoms with van der Waals surface area (Å²) < 4.78 is 4.65. The number of amides is 1. The zero-order valence-electron chi connectivity index (χ0n) is 10.6. The van der Waals surface area contributed by atoms with Crippen LogP contribution in [0.5, 0.6) is 0 Å². The number of likely N-dealkylation sites (tertiary alicyclic amines) is 1. The Labute approximate surface area is 109 Å². The van der Waals surface area contributed by atoms with Crippen LogP contribution in [0.15, 0.2) is 27.6 Å². The molecule has 0 aliphatic carbocycles. The van der Waals surface area contributed by atoms with Crippen LogP contribution in [0.25, 0.3) is 0 Å². The molecule has 1 atom stereocenters. The second-order valence-corrected chi connectivity index (χ2v) is 5.04. The largest absolute Gasteiger partial charge is 0.481 e. The molecule has 0 bridgehead atoms. The highest BCUT2D eigenvalue weighted by molar-refractivity contribution is 5.94. The van der Waals surface area contributed by atoms with Gasteiger partial charge in [-0.2, -0.15) is 0 Å². The molecular weight excluding hydrogens is 250 g/mol. The van der Waals surface area contributed by atoms with Crippen LogP contribution in [0.3, 0.4) is 0 Å². The van der Waals surface area contributed by atoms with Gasteiger partial charge in [-0.3, -0.25) is 9.59 Å². The zero-order valence-corrected chi connectivity index (χ0v) is 10.6. The van der Waals surface area contributed by atoms with Crippen LogP contribution >= 0.6 is 0 Å². The first-order valence-corrected chi connectivity index (χ1v) is 6.04. The van der Waals surface area contributed by atoms with E-state index >= 15 is 0 Å². The van der Waals surface area contributed by atoms with Gasteiger partial charge in [-0.15, -0.1) is 0 Å².